The molecule has 0 bridgehead atoms. The lowest BCUT2D eigenvalue weighted by Gasteiger charge is -2.38. The maximum atomic E-state index is 14.7. The molecule has 9 heteroatoms. The molecule has 0 spiro atoms. The van der Waals surface area contributed by atoms with Crippen molar-refractivity contribution in [2.45, 2.75) is 111 Å². The van der Waals surface area contributed by atoms with E-state index < -0.39 is 59.2 Å². The van der Waals surface area contributed by atoms with Crippen molar-refractivity contribution in [2.75, 3.05) is 0 Å². The van der Waals surface area contributed by atoms with Gasteiger partial charge in [-0.25, -0.2) is 9.59 Å². The van der Waals surface area contributed by atoms with Gasteiger partial charge < -0.3 is 25.0 Å². The van der Waals surface area contributed by atoms with Crippen LogP contribution in [0.4, 0.5) is 4.79 Å². The van der Waals surface area contributed by atoms with E-state index in [4.69, 9.17) is 9.47 Å². The lowest BCUT2D eigenvalue weighted by Crippen LogP contribution is -2.57. The highest BCUT2D eigenvalue weighted by Crippen LogP contribution is 2.28. The number of benzene rings is 3. The summed E-state index contributed by atoms with van der Waals surface area (Å²) in [6.45, 7) is 16.1. The molecule has 0 heterocycles. The van der Waals surface area contributed by atoms with Crippen molar-refractivity contribution in [1.82, 2.24) is 15.5 Å². The van der Waals surface area contributed by atoms with Gasteiger partial charge in [0.1, 0.15) is 29.3 Å². The molecule has 48 heavy (non-hydrogen) atoms. The number of alkyl carbamates (subject to hydrolysis) is 1. The summed E-state index contributed by atoms with van der Waals surface area (Å²) in [6, 6.07) is 22.3. The van der Waals surface area contributed by atoms with E-state index in [1.54, 1.807) is 53.7 Å². The Kier molecular flexibility index (Phi) is 12.9. The molecule has 0 aromatic heterocycles. The summed E-state index contributed by atoms with van der Waals surface area (Å²) in [7, 11) is 0. The average Bonchev–Trinajstić information content (AvgIpc) is 2.98. The maximum absolute atomic E-state index is 14.7. The van der Waals surface area contributed by atoms with E-state index in [9.17, 15) is 19.2 Å². The van der Waals surface area contributed by atoms with Gasteiger partial charge in [0.05, 0.1) is 0 Å². The number of hydrogen-bond acceptors (Lipinski definition) is 6. The molecule has 0 aliphatic carbocycles. The van der Waals surface area contributed by atoms with E-state index >= 15 is 0 Å². The average molecular weight is 658 g/mol. The first-order chi connectivity index (χ1) is 22.4. The summed E-state index contributed by atoms with van der Waals surface area (Å²) < 4.78 is 11.3. The normalized spacial score (nSPS) is 13.5. The van der Waals surface area contributed by atoms with Crippen molar-refractivity contribution in [2.24, 2.45) is 0 Å². The Hall–Kier alpha value is -4.66. The molecular formula is C39H51N3O6. The zero-order chi connectivity index (χ0) is 35.6. The third kappa shape index (κ3) is 11.5. The lowest BCUT2D eigenvalue weighted by molar-refractivity contribution is -0.159. The number of rotatable bonds is 12. The molecule has 3 unspecified atom stereocenters. The number of aryl methyl sites for hydroxylation is 1. The number of ether oxygens (including phenoxy) is 2. The minimum absolute atomic E-state index is 0.165. The number of carbonyl (C=O) groups excluding carboxylic acids is 4. The first-order valence-corrected chi connectivity index (χ1v) is 16.4. The molecule has 0 saturated carbocycles. The van der Waals surface area contributed by atoms with Gasteiger partial charge in [-0.1, -0.05) is 84.9 Å². The van der Waals surface area contributed by atoms with E-state index in [1.807, 2.05) is 93.6 Å². The number of esters is 1. The van der Waals surface area contributed by atoms with Gasteiger partial charge in [-0.05, 0) is 84.6 Å². The quantitative estimate of drug-likeness (QED) is 0.216. The molecule has 3 aromatic rings. The van der Waals surface area contributed by atoms with Crippen molar-refractivity contribution in [3.63, 3.8) is 0 Å². The second-order valence-corrected chi connectivity index (χ2v) is 14.3. The second kappa shape index (κ2) is 16.4. The van der Waals surface area contributed by atoms with Crippen molar-refractivity contribution >= 4 is 23.9 Å². The Morgan fingerprint density at radius 2 is 1.15 bits per heavy atom. The summed E-state index contributed by atoms with van der Waals surface area (Å²) in [6.07, 6.45) is -0.391. The fourth-order valence-electron chi connectivity index (χ4n) is 5.34. The van der Waals surface area contributed by atoms with E-state index in [1.165, 1.54) is 4.90 Å². The zero-order valence-corrected chi connectivity index (χ0v) is 29.7. The second-order valence-electron chi connectivity index (χ2n) is 14.3. The molecule has 3 aromatic carbocycles. The van der Waals surface area contributed by atoms with Crippen LogP contribution in [-0.2, 0) is 36.7 Å². The molecule has 9 nitrogen and oxygen atoms in total. The molecule has 0 fully saturated rings. The fraction of sp³-hybridized carbons (Fsp3) is 0.436. The van der Waals surface area contributed by atoms with Crippen LogP contribution < -0.4 is 10.6 Å². The van der Waals surface area contributed by atoms with E-state index in [-0.39, 0.29) is 12.8 Å². The van der Waals surface area contributed by atoms with Crippen LogP contribution in [0.2, 0.25) is 0 Å². The fourth-order valence-corrected chi connectivity index (χ4v) is 5.34. The molecule has 0 radical (unpaired) electrons. The Morgan fingerprint density at radius 3 is 1.62 bits per heavy atom. The molecular weight excluding hydrogens is 606 g/mol. The van der Waals surface area contributed by atoms with Gasteiger partial charge in [0, 0.05) is 18.9 Å². The molecule has 0 aliphatic rings. The minimum Gasteiger partial charge on any atom is -0.458 e. The maximum Gasteiger partial charge on any atom is 0.408 e. The molecule has 2 N–H and O–H groups in total. The van der Waals surface area contributed by atoms with Gasteiger partial charge in [0.15, 0.2) is 0 Å². The Labute approximate surface area is 285 Å². The molecule has 0 saturated heterocycles. The number of nitrogens with one attached hydrogen (secondary N) is 2. The molecule has 3 atom stereocenters. The summed E-state index contributed by atoms with van der Waals surface area (Å²) in [5.74, 6) is -1.60. The van der Waals surface area contributed by atoms with Crippen LogP contribution in [0.5, 0.6) is 0 Å². The summed E-state index contributed by atoms with van der Waals surface area (Å²) >= 11 is 0. The SMILES string of the molecule is Cc1ccccc1C(C(=O)NC(Cc1ccccc1)C(=O)OC(C)(C)C)N(C(=O)C(Cc1ccccc1)NC(=O)OC(C)(C)C)C(C)C. The number of hydrogen-bond donors (Lipinski definition) is 2. The van der Waals surface area contributed by atoms with Gasteiger partial charge in [-0.3, -0.25) is 9.59 Å². The van der Waals surface area contributed by atoms with Crippen LogP contribution in [0.1, 0.15) is 83.7 Å². The number of amides is 3. The highest BCUT2D eigenvalue weighted by atomic mass is 16.6. The molecule has 0 aliphatic heterocycles. The minimum atomic E-state index is -1.14. The Morgan fingerprint density at radius 1 is 0.667 bits per heavy atom. The Bertz CT molecular complexity index is 1530. The summed E-state index contributed by atoms with van der Waals surface area (Å²) in [5.41, 5.74) is 1.46. The third-order valence-electron chi connectivity index (χ3n) is 7.38. The molecule has 258 valence electrons. The smallest absolute Gasteiger partial charge is 0.408 e. The topological polar surface area (TPSA) is 114 Å². The van der Waals surface area contributed by atoms with Crippen LogP contribution in [0.3, 0.4) is 0 Å². The summed E-state index contributed by atoms with van der Waals surface area (Å²) in [5, 5.41) is 5.72. The van der Waals surface area contributed by atoms with E-state index in [2.05, 4.69) is 10.6 Å². The Balaban J connectivity index is 2.09. The van der Waals surface area contributed by atoms with E-state index in [0.29, 0.717) is 5.56 Å². The van der Waals surface area contributed by atoms with E-state index in [0.717, 1.165) is 16.7 Å². The van der Waals surface area contributed by atoms with Gasteiger partial charge in [0.2, 0.25) is 11.8 Å². The molecule has 3 rings (SSSR count). The van der Waals surface area contributed by atoms with Gasteiger partial charge in [-0.2, -0.15) is 0 Å². The lowest BCUT2D eigenvalue weighted by atomic mass is 9.95. The van der Waals surface area contributed by atoms with Crippen molar-refractivity contribution in [3.05, 3.63) is 107 Å². The van der Waals surface area contributed by atoms with Gasteiger partial charge >= 0.3 is 12.1 Å². The standard InChI is InChI=1S/C39H51N3O6/c1-26(2)42(35(44)31(24-28-19-12-10-13-20-28)41-37(46)48-39(7,8)9)33(30-23-17-16-18-27(30)3)34(43)40-32(36(45)47-38(4,5)6)25-29-21-14-11-15-22-29/h10-23,26,31-33H,24-25H2,1-9H3,(H,40,43)(H,41,46). The number of nitrogens with zero attached hydrogens (tertiary/aromatic N) is 1. The van der Waals surface area contributed by atoms with Crippen molar-refractivity contribution in [3.8, 4) is 0 Å². The van der Waals surface area contributed by atoms with Crippen LogP contribution in [-0.4, -0.2) is 58.1 Å². The van der Waals surface area contributed by atoms with Crippen LogP contribution in [0, 0.1) is 6.92 Å². The predicted octanol–water partition coefficient (Wildman–Crippen LogP) is 6.48. The van der Waals surface area contributed by atoms with Crippen molar-refractivity contribution < 1.29 is 28.7 Å². The molecule has 3 amide bonds. The van der Waals surface area contributed by atoms with Gasteiger partial charge in [0.25, 0.3) is 0 Å². The third-order valence-corrected chi connectivity index (χ3v) is 7.38. The largest absolute Gasteiger partial charge is 0.458 e. The first-order valence-electron chi connectivity index (χ1n) is 16.4. The monoisotopic (exact) mass is 657 g/mol. The van der Waals surface area contributed by atoms with Crippen molar-refractivity contribution in [1.29, 1.82) is 0 Å². The predicted molar refractivity (Wildman–Crippen MR) is 187 cm³/mol. The van der Waals surface area contributed by atoms with Gasteiger partial charge in [-0.15, -0.1) is 0 Å². The highest BCUT2D eigenvalue weighted by Gasteiger charge is 2.40. The number of carbonyl (C=O) groups is 4. The van der Waals surface area contributed by atoms with Crippen LogP contribution >= 0.6 is 0 Å². The van der Waals surface area contributed by atoms with Crippen LogP contribution in [0.25, 0.3) is 0 Å². The zero-order valence-electron chi connectivity index (χ0n) is 29.7. The first kappa shape index (κ1) is 37.8. The highest BCUT2D eigenvalue weighted by molar-refractivity contribution is 5.94. The summed E-state index contributed by atoms with van der Waals surface area (Å²) in [4.78, 5) is 57.4. The van der Waals surface area contributed by atoms with Crippen LogP contribution in [0.15, 0.2) is 84.9 Å².